The molecule has 1 aliphatic heterocycles. The first-order chi connectivity index (χ1) is 5.72. The molecule has 1 aliphatic rings. The van der Waals surface area contributed by atoms with Gasteiger partial charge in [-0.2, -0.15) is 0 Å². The molecule has 0 radical (unpaired) electrons. The van der Waals surface area contributed by atoms with E-state index in [2.05, 4.69) is 15.3 Å². The lowest BCUT2D eigenvalue weighted by molar-refractivity contribution is -0.119. The molecule has 0 atom stereocenters. The van der Waals surface area contributed by atoms with Crippen molar-refractivity contribution in [2.45, 2.75) is 0 Å². The minimum Gasteiger partial charge on any atom is -0.369 e. The molecule has 0 bridgehead atoms. The molecule has 1 heterocycles. The smallest absolute Gasteiger partial charge is 0.231 e. The zero-order chi connectivity index (χ0) is 8.97. The van der Waals surface area contributed by atoms with Gasteiger partial charge in [0.05, 0.1) is 6.54 Å². The Hall–Kier alpha value is -0.650. The maximum Gasteiger partial charge on any atom is 0.231 e. The monoisotopic (exact) mass is 172 g/mol. The minimum absolute atomic E-state index is 0.243. The van der Waals surface area contributed by atoms with E-state index < -0.39 is 0 Å². The van der Waals surface area contributed by atoms with Crippen LogP contribution >= 0.6 is 0 Å². The quantitative estimate of drug-likeness (QED) is 0.528. The van der Waals surface area contributed by atoms with E-state index in [-0.39, 0.29) is 5.91 Å². The van der Waals surface area contributed by atoms with Crippen LogP contribution in [0.1, 0.15) is 0 Å². The highest BCUT2D eigenvalue weighted by Gasteiger charge is 2.16. The first kappa shape index (κ1) is 9.44. The molecular formula is C7H16N4O. The van der Waals surface area contributed by atoms with Crippen LogP contribution in [0.25, 0.3) is 0 Å². The van der Waals surface area contributed by atoms with Crippen LogP contribution in [0.15, 0.2) is 0 Å². The fraction of sp³-hybridized carbons (Fsp3) is 0.857. The standard InChI is InChI=1S/C7H16N4O/c1-9-11-4-2-10(3-5-11)6-7(8)12/h9H,2-6H2,1H3,(H2,8,12). The van der Waals surface area contributed by atoms with Crippen molar-refractivity contribution in [3.8, 4) is 0 Å². The largest absolute Gasteiger partial charge is 0.369 e. The van der Waals surface area contributed by atoms with Gasteiger partial charge in [-0.1, -0.05) is 0 Å². The van der Waals surface area contributed by atoms with Crippen LogP contribution in [-0.4, -0.2) is 55.6 Å². The molecule has 5 nitrogen and oxygen atoms in total. The number of piperazine rings is 1. The van der Waals surface area contributed by atoms with Gasteiger partial charge >= 0.3 is 0 Å². The van der Waals surface area contributed by atoms with Gasteiger partial charge in [0, 0.05) is 26.2 Å². The van der Waals surface area contributed by atoms with Crippen LogP contribution in [0.3, 0.4) is 0 Å². The normalized spacial score (nSPS) is 21.1. The summed E-state index contributed by atoms with van der Waals surface area (Å²) in [5, 5.41) is 2.12. The van der Waals surface area contributed by atoms with E-state index in [1.807, 2.05) is 7.05 Å². The molecule has 1 amide bonds. The van der Waals surface area contributed by atoms with Crippen LogP contribution in [0.5, 0.6) is 0 Å². The Morgan fingerprint density at radius 2 is 2.00 bits per heavy atom. The van der Waals surface area contributed by atoms with Gasteiger partial charge < -0.3 is 5.73 Å². The SMILES string of the molecule is CNN1CCN(CC(N)=O)CC1. The van der Waals surface area contributed by atoms with Gasteiger partial charge in [-0.25, -0.2) is 5.01 Å². The second kappa shape index (κ2) is 4.39. The van der Waals surface area contributed by atoms with Crippen LogP contribution in [-0.2, 0) is 4.79 Å². The van der Waals surface area contributed by atoms with Crippen molar-refractivity contribution in [2.24, 2.45) is 5.73 Å². The third-order valence-corrected chi connectivity index (χ3v) is 2.07. The Labute approximate surface area is 72.5 Å². The molecular weight excluding hydrogens is 156 g/mol. The molecule has 5 heteroatoms. The zero-order valence-electron chi connectivity index (χ0n) is 7.42. The number of nitrogens with zero attached hydrogens (tertiary/aromatic N) is 2. The fourth-order valence-electron chi connectivity index (χ4n) is 1.35. The number of primary amides is 1. The van der Waals surface area contributed by atoms with Gasteiger partial charge in [-0.15, -0.1) is 0 Å². The van der Waals surface area contributed by atoms with E-state index in [1.54, 1.807) is 0 Å². The van der Waals surface area contributed by atoms with Crippen LogP contribution < -0.4 is 11.2 Å². The summed E-state index contributed by atoms with van der Waals surface area (Å²) in [5.41, 5.74) is 8.15. The van der Waals surface area contributed by atoms with Crippen LogP contribution in [0.4, 0.5) is 0 Å². The number of nitrogens with one attached hydrogen (secondary N) is 1. The Bertz CT molecular complexity index is 153. The molecule has 0 aromatic rings. The van der Waals surface area contributed by atoms with Crippen molar-refractivity contribution in [2.75, 3.05) is 39.8 Å². The molecule has 0 saturated carbocycles. The summed E-state index contributed by atoms with van der Waals surface area (Å²) in [4.78, 5) is 12.6. The number of hydrogen-bond donors (Lipinski definition) is 2. The average Bonchev–Trinajstić information content (AvgIpc) is 2.05. The summed E-state index contributed by atoms with van der Waals surface area (Å²) in [6, 6.07) is 0. The third-order valence-electron chi connectivity index (χ3n) is 2.07. The average molecular weight is 172 g/mol. The number of hydrogen-bond acceptors (Lipinski definition) is 4. The second-order valence-electron chi connectivity index (χ2n) is 2.95. The van der Waals surface area contributed by atoms with E-state index in [0.29, 0.717) is 6.54 Å². The molecule has 0 aliphatic carbocycles. The van der Waals surface area contributed by atoms with E-state index in [0.717, 1.165) is 26.2 Å². The lowest BCUT2D eigenvalue weighted by Crippen LogP contribution is -2.52. The van der Waals surface area contributed by atoms with E-state index >= 15 is 0 Å². The predicted molar refractivity (Wildman–Crippen MR) is 46.3 cm³/mol. The van der Waals surface area contributed by atoms with Gasteiger partial charge in [0.1, 0.15) is 0 Å². The van der Waals surface area contributed by atoms with Crippen molar-refractivity contribution in [1.29, 1.82) is 0 Å². The summed E-state index contributed by atoms with van der Waals surface area (Å²) in [6.45, 7) is 4.10. The fourth-order valence-corrected chi connectivity index (χ4v) is 1.35. The summed E-state index contributed by atoms with van der Waals surface area (Å²) in [5.74, 6) is -0.243. The molecule has 0 aromatic heterocycles. The van der Waals surface area contributed by atoms with Crippen LogP contribution in [0.2, 0.25) is 0 Å². The van der Waals surface area contributed by atoms with Gasteiger partial charge in [0.15, 0.2) is 0 Å². The highest BCUT2D eigenvalue weighted by Crippen LogP contribution is 1.96. The number of carbonyl (C=O) groups is 1. The van der Waals surface area contributed by atoms with E-state index in [1.165, 1.54) is 0 Å². The zero-order valence-corrected chi connectivity index (χ0v) is 7.42. The van der Waals surface area contributed by atoms with Crippen molar-refractivity contribution in [3.63, 3.8) is 0 Å². The second-order valence-corrected chi connectivity index (χ2v) is 2.95. The molecule has 1 saturated heterocycles. The maximum atomic E-state index is 10.6. The lowest BCUT2D eigenvalue weighted by Gasteiger charge is -2.33. The highest BCUT2D eigenvalue weighted by atomic mass is 16.1. The number of hydrazine groups is 1. The summed E-state index contributed by atoms with van der Waals surface area (Å²) in [7, 11) is 1.91. The summed E-state index contributed by atoms with van der Waals surface area (Å²) >= 11 is 0. The van der Waals surface area contributed by atoms with E-state index in [9.17, 15) is 4.79 Å². The molecule has 3 N–H and O–H groups in total. The first-order valence-corrected chi connectivity index (χ1v) is 4.15. The number of nitrogens with two attached hydrogens (primary N) is 1. The number of rotatable bonds is 3. The topological polar surface area (TPSA) is 61.6 Å². The summed E-state index contributed by atoms with van der Waals surface area (Å²) < 4.78 is 0. The maximum absolute atomic E-state index is 10.6. The van der Waals surface area contributed by atoms with Crippen molar-refractivity contribution in [3.05, 3.63) is 0 Å². The van der Waals surface area contributed by atoms with Crippen molar-refractivity contribution < 1.29 is 4.79 Å². The van der Waals surface area contributed by atoms with Crippen molar-refractivity contribution in [1.82, 2.24) is 15.3 Å². The Morgan fingerprint density at radius 3 is 2.42 bits per heavy atom. The Balaban J connectivity index is 2.21. The number of amides is 1. The van der Waals surface area contributed by atoms with Gasteiger partial charge in [0.2, 0.25) is 5.91 Å². The van der Waals surface area contributed by atoms with E-state index in [4.69, 9.17) is 5.73 Å². The molecule has 0 unspecified atom stereocenters. The van der Waals surface area contributed by atoms with Gasteiger partial charge in [-0.05, 0) is 7.05 Å². The minimum atomic E-state index is -0.243. The number of carbonyl (C=O) groups excluding carboxylic acids is 1. The molecule has 1 rings (SSSR count). The predicted octanol–water partition coefficient (Wildman–Crippen LogP) is -1.78. The first-order valence-electron chi connectivity index (χ1n) is 4.15. The Morgan fingerprint density at radius 1 is 1.42 bits per heavy atom. The molecule has 70 valence electrons. The highest BCUT2D eigenvalue weighted by molar-refractivity contribution is 5.75. The molecule has 0 aromatic carbocycles. The molecule has 12 heavy (non-hydrogen) atoms. The lowest BCUT2D eigenvalue weighted by atomic mass is 10.3. The molecule has 1 fully saturated rings. The Kier molecular flexibility index (Phi) is 3.46. The molecule has 0 spiro atoms. The third kappa shape index (κ3) is 2.77. The van der Waals surface area contributed by atoms with Crippen LogP contribution in [0, 0.1) is 0 Å². The van der Waals surface area contributed by atoms with Crippen molar-refractivity contribution >= 4 is 5.91 Å². The van der Waals surface area contributed by atoms with Gasteiger partial charge in [-0.3, -0.25) is 15.1 Å². The van der Waals surface area contributed by atoms with Gasteiger partial charge in [0.25, 0.3) is 0 Å². The summed E-state index contributed by atoms with van der Waals surface area (Å²) in [6.07, 6.45) is 0.